The molecule has 0 aliphatic rings. The Labute approximate surface area is 129 Å². The Hall–Kier alpha value is -1.89. The summed E-state index contributed by atoms with van der Waals surface area (Å²) in [5.74, 6) is 0.996. The molecule has 7 heteroatoms. The van der Waals surface area contributed by atoms with Crippen LogP contribution in [0, 0.1) is 0 Å². The molecule has 2 heterocycles. The average molecular weight is 307 g/mol. The van der Waals surface area contributed by atoms with Gasteiger partial charge in [-0.05, 0) is 19.4 Å². The first kappa shape index (κ1) is 16.5. The molecule has 2 N–H and O–H groups in total. The minimum absolute atomic E-state index is 0.167. The van der Waals surface area contributed by atoms with E-state index < -0.39 is 0 Å². The molecule has 0 unspecified atom stereocenters. The van der Waals surface area contributed by atoms with Crippen molar-refractivity contribution in [2.75, 3.05) is 6.54 Å². The topological polar surface area (TPSA) is 87.8 Å². The summed E-state index contributed by atoms with van der Waals surface area (Å²) in [5, 5.41) is 0. The summed E-state index contributed by atoms with van der Waals surface area (Å²) in [6.07, 6.45) is 1.57. The standard InChI is InChI=1S/C15H25N5O2/c1-5-8-20-13-11(14(21)18(4)15(20)22)19(9-6-7-16)12(17-13)10(2)3/h10H,5-9,16H2,1-4H3. The number of hydrogen-bond donors (Lipinski definition) is 1. The summed E-state index contributed by atoms with van der Waals surface area (Å²) in [5.41, 5.74) is 6.02. The highest BCUT2D eigenvalue weighted by Gasteiger charge is 2.21. The van der Waals surface area contributed by atoms with Gasteiger partial charge in [0.15, 0.2) is 11.2 Å². The zero-order chi connectivity index (χ0) is 16.4. The van der Waals surface area contributed by atoms with Gasteiger partial charge in [-0.25, -0.2) is 9.78 Å². The fourth-order valence-electron chi connectivity index (χ4n) is 2.72. The zero-order valence-corrected chi connectivity index (χ0v) is 13.8. The maximum Gasteiger partial charge on any atom is 0.332 e. The number of nitrogens with two attached hydrogens (primary N) is 1. The monoisotopic (exact) mass is 307 g/mol. The van der Waals surface area contributed by atoms with Crippen molar-refractivity contribution in [3.8, 4) is 0 Å². The van der Waals surface area contributed by atoms with E-state index in [4.69, 9.17) is 5.73 Å². The predicted octanol–water partition coefficient (Wildman–Crippen LogP) is 0.779. The summed E-state index contributed by atoms with van der Waals surface area (Å²) in [6.45, 7) is 7.80. The molecule has 0 spiro atoms. The van der Waals surface area contributed by atoms with Crippen LogP contribution >= 0.6 is 0 Å². The number of aryl methyl sites for hydroxylation is 2. The van der Waals surface area contributed by atoms with E-state index in [-0.39, 0.29) is 17.2 Å². The molecule has 0 aromatic carbocycles. The van der Waals surface area contributed by atoms with Crippen LogP contribution in [-0.4, -0.2) is 25.2 Å². The van der Waals surface area contributed by atoms with Crippen molar-refractivity contribution >= 4 is 11.2 Å². The summed E-state index contributed by atoms with van der Waals surface area (Å²) in [6, 6.07) is 0. The summed E-state index contributed by atoms with van der Waals surface area (Å²) >= 11 is 0. The van der Waals surface area contributed by atoms with E-state index in [1.807, 2.05) is 25.3 Å². The lowest BCUT2D eigenvalue weighted by molar-refractivity contribution is 0.599. The Kier molecular flexibility index (Phi) is 4.85. The maximum absolute atomic E-state index is 12.6. The van der Waals surface area contributed by atoms with Crippen molar-refractivity contribution < 1.29 is 0 Å². The van der Waals surface area contributed by atoms with Gasteiger partial charge in [0.2, 0.25) is 0 Å². The number of imidazole rings is 1. The van der Waals surface area contributed by atoms with E-state index in [1.165, 1.54) is 11.6 Å². The van der Waals surface area contributed by atoms with Crippen LogP contribution in [0.3, 0.4) is 0 Å². The van der Waals surface area contributed by atoms with Crippen molar-refractivity contribution in [2.24, 2.45) is 12.8 Å². The molecule has 0 aliphatic heterocycles. The van der Waals surface area contributed by atoms with Gasteiger partial charge >= 0.3 is 5.69 Å². The summed E-state index contributed by atoms with van der Waals surface area (Å²) in [7, 11) is 1.52. The van der Waals surface area contributed by atoms with E-state index in [0.29, 0.717) is 30.8 Å². The highest BCUT2D eigenvalue weighted by atomic mass is 16.2. The zero-order valence-electron chi connectivity index (χ0n) is 13.8. The van der Waals surface area contributed by atoms with E-state index in [1.54, 1.807) is 4.57 Å². The fraction of sp³-hybridized carbons (Fsp3) is 0.667. The molecular weight excluding hydrogens is 282 g/mol. The molecule has 2 rings (SSSR count). The molecule has 22 heavy (non-hydrogen) atoms. The Balaban J connectivity index is 2.89. The van der Waals surface area contributed by atoms with Gasteiger partial charge < -0.3 is 10.3 Å². The van der Waals surface area contributed by atoms with Crippen LogP contribution in [0.15, 0.2) is 9.59 Å². The third-order valence-corrected chi connectivity index (χ3v) is 3.81. The number of rotatable bonds is 6. The number of hydrogen-bond acceptors (Lipinski definition) is 4. The number of nitrogens with zero attached hydrogens (tertiary/aromatic N) is 4. The average Bonchev–Trinajstić information content (AvgIpc) is 2.86. The second kappa shape index (κ2) is 6.48. The Morgan fingerprint density at radius 3 is 2.41 bits per heavy atom. The van der Waals surface area contributed by atoms with Crippen LogP contribution in [0.25, 0.3) is 11.2 Å². The smallest absolute Gasteiger partial charge is 0.330 e. The molecule has 0 amide bonds. The van der Waals surface area contributed by atoms with Crippen molar-refractivity contribution in [3.63, 3.8) is 0 Å². The van der Waals surface area contributed by atoms with Gasteiger partial charge in [-0.3, -0.25) is 13.9 Å². The van der Waals surface area contributed by atoms with Crippen molar-refractivity contribution in [1.29, 1.82) is 0 Å². The Morgan fingerprint density at radius 1 is 1.18 bits per heavy atom. The number of aromatic nitrogens is 4. The lowest BCUT2D eigenvalue weighted by Gasteiger charge is -2.11. The minimum Gasteiger partial charge on any atom is -0.330 e. The molecule has 0 radical (unpaired) electrons. The molecule has 0 fully saturated rings. The second-order valence-corrected chi connectivity index (χ2v) is 5.89. The molecule has 2 aromatic rings. The summed E-state index contributed by atoms with van der Waals surface area (Å²) in [4.78, 5) is 29.6. The van der Waals surface area contributed by atoms with E-state index in [9.17, 15) is 9.59 Å². The van der Waals surface area contributed by atoms with E-state index in [0.717, 1.165) is 18.7 Å². The van der Waals surface area contributed by atoms with Gasteiger partial charge in [0.25, 0.3) is 5.56 Å². The van der Waals surface area contributed by atoms with E-state index in [2.05, 4.69) is 4.98 Å². The van der Waals surface area contributed by atoms with Gasteiger partial charge in [0.1, 0.15) is 5.82 Å². The maximum atomic E-state index is 12.6. The third-order valence-electron chi connectivity index (χ3n) is 3.81. The Bertz CT molecular complexity index is 782. The van der Waals surface area contributed by atoms with Crippen LogP contribution in [0.1, 0.15) is 45.4 Å². The van der Waals surface area contributed by atoms with Crippen LogP contribution in [0.4, 0.5) is 0 Å². The van der Waals surface area contributed by atoms with Crippen molar-refractivity contribution in [1.82, 2.24) is 18.7 Å². The van der Waals surface area contributed by atoms with Crippen LogP contribution in [-0.2, 0) is 20.1 Å². The van der Waals surface area contributed by atoms with Gasteiger partial charge in [-0.15, -0.1) is 0 Å². The molecule has 0 bridgehead atoms. The van der Waals surface area contributed by atoms with Crippen LogP contribution < -0.4 is 17.0 Å². The molecule has 0 aliphatic carbocycles. The molecule has 0 saturated heterocycles. The molecule has 7 nitrogen and oxygen atoms in total. The first-order valence-corrected chi connectivity index (χ1v) is 7.84. The third kappa shape index (κ3) is 2.61. The number of fused-ring (bicyclic) bond motifs is 1. The van der Waals surface area contributed by atoms with E-state index >= 15 is 0 Å². The lowest BCUT2D eigenvalue weighted by Crippen LogP contribution is -2.38. The summed E-state index contributed by atoms with van der Waals surface area (Å²) < 4.78 is 4.70. The van der Waals surface area contributed by atoms with Crippen molar-refractivity contribution in [3.05, 3.63) is 26.7 Å². The van der Waals surface area contributed by atoms with Crippen molar-refractivity contribution in [2.45, 2.75) is 52.6 Å². The normalized spacial score (nSPS) is 11.7. The largest absolute Gasteiger partial charge is 0.332 e. The van der Waals surface area contributed by atoms with Gasteiger partial charge in [0.05, 0.1) is 0 Å². The molecule has 122 valence electrons. The molecule has 0 saturated carbocycles. The molecule has 0 atom stereocenters. The SMILES string of the molecule is CCCn1c(=O)n(C)c(=O)c2c1nc(C(C)C)n2CCCN. The first-order valence-electron chi connectivity index (χ1n) is 7.84. The van der Waals surface area contributed by atoms with Gasteiger partial charge in [-0.1, -0.05) is 20.8 Å². The molecule has 2 aromatic heterocycles. The highest BCUT2D eigenvalue weighted by Crippen LogP contribution is 2.19. The van der Waals surface area contributed by atoms with Crippen LogP contribution in [0.5, 0.6) is 0 Å². The highest BCUT2D eigenvalue weighted by molar-refractivity contribution is 5.71. The quantitative estimate of drug-likeness (QED) is 0.854. The Morgan fingerprint density at radius 2 is 1.86 bits per heavy atom. The lowest BCUT2D eigenvalue weighted by atomic mass is 10.2. The second-order valence-electron chi connectivity index (χ2n) is 5.89. The fourth-order valence-corrected chi connectivity index (χ4v) is 2.72. The van der Waals surface area contributed by atoms with Crippen LogP contribution in [0.2, 0.25) is 0 Å². The van der Waals surface area contributed by atoms with Gasteiger partial charge in [0, 0.05) is 26.1 Å². The first-order chi connectivity index (χ1) is 10.4. The minimum atomic E-state index is -0.307. The van der Waals surface area contributed by atoms with Gasteiger partial charge in [-0.2, -0.15) is 0 Å². The predicted molar refractivity (Wildman–Crippen MR) is 87.3 cm³/mol. The molecular formula is C15H25N5O2.